The van der Waals surface area contributed by atoms with Crippen LogP contribution in [0.25, 0.3) is 6.08 Å². The minimum Gasteiger partial charge on any atom is -0.450 e. The second kappa shape index (κ2) is 8.94. The summed E-state index contributed by atoms with van der Waals surface area (Å²) in [7, 11) is 0. The summed E-state index contributed by atoms with van der Waals surface area (Å²) in [4.78, 5) is 27.6. The Kier molecular flexibility index (Phi) is 6.29. The number of hydrogen-bond donors (Lipinski definition) is 0. The molecule has 8 heteroatoms. The smallest absolute Gasteiger partial charge is 0.293 e. The zero-order valence-electron chi connectivity index (χ0n) is 15.7. The molecular formula is C22H15Cl2NO3S2. The number of aryl methyl sites for hydroxylation is 1. The van der Waals surface area contributed by atoms with E-state index in [0.717, 1.165) is 22.2 Å². The third-order valence-corrected chi connectivity index (χ3v) is 6.89. The molecular weight excluding hydrogens is 461 g/mol. The highest BCUT2D eigenvalue weighted by Crippen LogP contribution is 2.35. The largest absolute Gasteiger partial charge is 0.450 e. The van der Waals surface area contributed by atoms with Gasteiger partial charge < -0.3 is 4.42 Å². The molecule has 152 valence electrons. The van der Waals surface area contributed by atoms with Crippen LogP contribution in [0.15, 0.2) is 73.9 Å². The Morgan fingerprint density at radius 2 is 1.80 bits per heavy atom. The lowest BCUT2D eigenvalue weighted by molar-refractivity contribution is -0.123. The van der Waals surface area contributed by atoms with E-state index in [1.54, 1.807) is 30.3 Å². The Balaban J connectivity index is 1.47. The fraction of sp³-hybridized carbons (Fsp3) is 0.0909. The molecule has 0 radical (unpaired) electrons. The van der Waals surface area contributed by atoms with Crippen LogP contribution in [-0.2, 0) is 11.3 Å². The summed E-state index contributed by atoms with van der Waals surface area (Å²) in [5.74, 6) is 0.157. The monoisotopic (exact) mass is 475 g/mol. The lowest BCUT2D eigenvalue weighted by Gasteiger charge is -2.12. The highest BCUT2D eigenvalue weighted by atomic mass is 35.5. The van der Waals surface area contributed by atoms with Gasteiger partial charge in [-0.05, 0) is 60.6 Å². The molecule has 1 aromatic heterocycles. The summed E-state index contributed by atoms with van der Waals surface area (Å²) in [6.07, 6.45) is 1.60. The van der Waals surface area contributed by atoms with Crippen LogP contribution in [0.5, 0.6) is 0 Å². The van der Waals surface area contributed by atoms with Crippen molar-refractivity contribution in [2.75, 3.05) is 0 Å². The van der Waals surface area contributed by atoms with Crippen LogP contribution in [0.3, 0.4) is 0 Å². The molecule has 0 aliphatic carbocycles. The third-order valence-electron chi connectivity index (χ3n) is 4.31. The molecule has 0 bridgehead atoms. The average molecular weight is 476 g/mol. The van der Waals surface area contributed by atoms with Crippen molar-refractivity contribution in [3.63, 3.8) is 0 Å². The number of hydrogen-bond acceptors (Lipinski definition) is 5. The Hall–Kier alpha value is -2.12. The Labute approximate surface area is 192 Å². The van der Waals surface area contributed by atoms with Crippen LogP contribution in [0.4, 0.5) is 4.79 Å². The number of rotatable bonds is 5. The van der Waals surface area contributed by atoms with Crippen molar-refractivity contribution in [3.8, 4) is 0 Å². The number of carbonyl (C=O) groups is 2. The van der Waals surface area contributed by atoms with Gasteiger partial charge in [0.05, 0.1) is 21.5 Å². The van der Waals surface area contributed by atoms with Crippen molar-refractivity contribution in [1.82, 2.24) is 4.90 Å². The molecule has 2 aromatic carbocycles. The van der Waals surface area contributed by atoms with Crippen LogP contribution in [0.2, 0.25) is 10.0 Å². The molecule has 4 rings (SSSR count). The van der Waals surface area contributed by atoms with Gasteiger partial charge in [0.25, 0.3) is 11.1 Å². The minimum atomic E-state index is -0.361. The molecule has 0 atom stereocenters. The fourth-order valence-corrected chi connectivity index (χ4v) is 4.69. The Morgan fingerprint density at radius 1 is 1.03 bits per heavy atom. The van der Waals surface area contributed by atoms with Gasteiger partial charge in [0.1, 0.15) is 5.76 Å². The highest BCUT2D eigenvalue weighted by molar-refractivity contribution is 8.18. The number of amides is 2. The van der Waals surface area contributed by atoms with Gasteiger partial charge in [-0.3, -0.25) is 14.5 Å². The van der Waals surface area contributed by atoms with Crippen LogP contribution in [0, 0.1) is 6.92 Å². The molecule has 1 saturated heterocycles. The Morgan fingerprint density at radius 3 is 2.53 bits per heavy atom. The summed E-state index contributed by atoms with van der Waals surface area (Å²) in [5.41, 5.74) is 1.92. The summed E-state index contributed by atoms with van der Waals surface area (Å²) in [6, 6.07) is 16.8. The number of thioether (sulfide) groups is 1. The molecule has 2 amide bonds. The van der Waals surface area contributed by atoms with E-state index in [0.29, 0.717) is 25.8 Å². The topological polar surface area (TPSA) is 50.5 Å². The number of halogens is 2. The van der Waals surface area contributed by atoms with Crippen LogP contribution in [-0.4, -0.2) is 16.0 Å². The van der Waals surface area contributed by atoms with Crippen LogP contribution >= 0.6 is 46.7 Å². The van der Waals surface area contributed by atoms with E-state index in [4.69, 9.17) is 27.6 Å². The van der Waals surface area contributed by atoms with E-state index in [1.807, 2.05) is 37.3 Å². The maximum absolute atomic E-state index is 12.7. The van der Waals surface area contributed by atoms with E-state index < -0.39 is 0 Å². The normalized spacial score (nSPS) is 15.4. The van der Waals surface area contributed by atoms with Gasteiger partial charge in [-0.1, -0.05) is 58.7 Å². The van der Waals surface area contributed by atoms with E-state index >= 15 is 0 Å². The average Bonchev–Trinajstić information content (AvgIpc) is 3.26. The molecule has 3 aromatic rings. The molecule has 0 unspecified atom stereocenters. The quantitative estimate of drug-likeness (QED) is 0.362. The number of imide groups is 1. The van der Waals surface area contributed by atoms with Gasteiger partial charge in [0.2, 0.25) is 0 Å². The van der Waals surface area contributed by atoms with Gasteiger partial charge in [0.15, 0.2) is 5.09 Å². The van der Waals surface area contributed by atoms with Crippen molar-refractivity contribution < 1.29 is 14.0 Å². The summed E-state index contributed by atoms with van der Waals surface area (Å²) in [6.45, 7) is 2.17. The molecule has 4 nitrogen and oxygen atoms in total. The van der Waals surface area contributed by atoms with Crippen molar-refractivity contribution in [2.45, 2.75) is 23.5 Å². The lowest BCUT2D eigenvalue weighted by Crippen LogP contribution is -2.27. The molecule has 2 heterocycles. The Bertz CT molecular complexity index is 1160. The van der Waals surface area contributed by atoms with Gasteiger partial charge in [-0.2, -0.15) is 0 Å². The van der Waals surface area contributed by atoms with E-state index in [1.165, 1.54) is 22.2 Å². The van der Waals surface area contributed by atoms with E-state index in [2.05, 4.69) is 0 Å². The predicted molar refractivity (Wildman–Crippen MR) is 122 cm³/mol. The van der Waals surface area contributed by atoms with Gasteiger partial charge in [-0.25, -0.2) is 0 Å². The van der Waals surface area contributed by atoms with Crippen molar-refractivity contribution in [2.24, 2.45) is 0 Å². The second-order valence-electron chi connectivity index (χ2n) is 6.59. The fourth-order valence-electron chi connectivity index (χ4n) is 2.78. The maximum atomic E-state index is 12.7. The summed E-state index contributed by atoms with van der Waals surface area (Å²) in [5, 5.41) is 1.18. The first-order valence-electron chi connectivity index (χ1n) is 8.93. The SMILES string of the molecule is Cc1ccc(Sc2ccc(C=C3SC(=O)N(Cc4ccc(Cl)c(Cl)c4)C3=O)o2)cc1. The first kappa shape index (κ1) is 21.1. The molecule has 0 saturated carbocycles. The zero-order chi connectivity index (χ0) is 21.3. The number of furan rings is 1. The highest BCUT2D eigenvalue weighted by Gasteiger charge is 2.35. The minimum absolute atomic E-state index is 0.131. The van der Waals surface area contributed by atoms with Crippen LogP contribution in [0.1, 0.15) is 16.9 Å². The van der Waals surface area contributed by atoms with Crippen molar-refractivity contribution in [3.05, 3.63) is 86.4 Å². The number of carbonyl (C=O) groups excluding carboxylic acids is 2. The van der Waals surface area contributed by atoms with E-state index in [9.17, 15) is 9.59 Å². The molecule has 0 spiro atoms. The zero-order valence-corrected chi connectivity index (χ0v) is 18.9. The van der Waals surface area contributed by atoms with Crippen molar-refractivity contribution in [1.29, 1.82) is 0 Å². The van der Waals surface area contributed by atoms with E-state index in [-0.39, 0.29) is 17.7 Å². The van der Waals surface area contributed by atoms with Gasteiger partial charge >= 0.3 is 0 Å². The van der Waals surface area contributed by atoms with Gasteiger partial charge in [-0.15, -0.1) is 0 Å². The number of benzene rings is 2. The third kappa shape index (κ3) is 4.78. The molecule has 0 N–H and O–H groups in total. The summed E-state index contributed by atoms with van der Waals surface area (Å²) >= 11 is 14.3. The summed E-state index contributed by atoms with van der Waals surface area (Å²) < 4.78 is 5.80. The van der Waals surface area contributed by atoms with Crippen LogP contribution < -0.4 is 0 Å². The predicted octanol–water partition coefficient (Wildman–Crippen LogP) is 7.28. The molecule has 1 fully saturated rings. The lowest BCUT2D eigenvalue weighted by atomic mass is 10.2. The van der Waals surface area contributed by atoms with Gasteiger partial charge in [0, 0.05) is 11.0 Å². The number of nitrogens with zero attached hydrogens (tertiary/aromatic N) is 1. The van der Waals surface area contributed by atoms with Crippen molar-refractivity contribution >= 4 is 63.9 Å². The standard InChI is InChI=1S/C22H15Cl2NO3S2/c1-13-2-6-16(7-3-13)29-20-9-5-15(28-20)11-19-21(26)25(22(27)30-19)12-14-4-8-17(23)18(24)10-14/h2-11H,12H2,1H3. The first-order chi connectivity index (χ1) is 14.4. The first-order valence-corrected chi connectivity index (χ1v) is 11.3. The molecule has 1 aliphatic heterocycles. The molecule has 30 heavy (non-hydrogen) atoms. The molecule has 1 aliphatic rings. The maximum Gasteiger partial charge on any atom is 0.293 e. The second-order valence-corrected chi connectivity index (χ2v) is 9.47.